The quantitative estimate of drug-likeness (QED) is 0.855. The molecule has 1 atom stereocenters. The maximum absolute atomic E-state index is 6.48. The zero-order chi connectivity index (χ0) is 15.4. The number of nitrogens with zero attached hydrogens (tertiary/aromatic N) is 4. The summed E-state index contributed by atoms with van der Waals surface area (Å²) in [6, 6.07) is 0.190. The summed E-state index contributed by atoms with van der Waals surface area (Å²) in [6.07, 6.45) is 6.50. The molecule has 2 aromatic heterocycles. The van der Waals surface area contributed by atoms with Crippen molar-refractivity contribution >= 4 is 11.6 Å². The van der Waals surface area contributed by atoms with Crippen molar-refractivity contribution in [1.82, 2.24) is 24.6 Å². The summed E-state index contributed by atoms with van der Waals surface area (Å²) < 4.78 is 3.95. The van der Waals surface area contributed by atoms with Gasteiger partial charge in [-0.3, -0.25) is 4.68 Å². The Morgan fingerprint density at radius 3 is 2.62 bits per heavy atom. The SMILES string of the molecule is CCCNC(Cc1c(Cl)c(CC)nn1C)c1cncn1C. The molecule has 0 aliphatic rings. The highest BCUT2D eigenvalue weighted by Crippen LogP contribution is 2.26. The van der Waals surface area contributed by atoms with Crippen molar-refractivity contribution in [3.05, 3.63) is 34.6 Å². The van der Waals surface area contributed by atoms with Gasteiger partial charge >= 0.3 is 0 Å². The summed E-state index contributed by atoms with van der Waals surface area (Å²) in [5.41, 5.74) is 3.20. The van der Waals surface area contributed by atoms with E-state index in [9.17, 15) is 0 Å². The lowest BCUT2D eigenvalue weighted by molar-refractivity contribution is 0.490. The summed E-state index contributed by atoms with van der Waals surface area (Å²) in [5.74, 6) is 0. The third-order valence-corrected chi connectivity index (χ3v) is 4.19. The lowest BCUT2D eigenvalue weighted by atomic mass is 10.1. The number of hydrogen-bond donors (Lipinski definition) is 1. The molecule has 0 aliphatic carbocycles. The van der Waals surface area contributed by atoms with E-state index in [0.29, 0.717) is 0 Å². The van der Waals surface area contributed by atoms with Gasteiger partial charge in [-0.25, -0.2) is 4.98 Å². The smallest absolute Gasteiger partial charge is 0.0946 e. The van der Waals surface area contributed by atoms with Gasteiger partial charge in [0.15, 0.2) is 0 Å². The monoisotopic (exact) mass is 309 g/mol. The number of rotatable bonds is 7. The third-order valence-electron chi connectivity index (χ3n) is 3.75. The van der Waals surface area contributed by atoms with E-state index < -0.39 is 0 Å². The van der Waals surface area contributed by atoms with E-state index in [0.717, 1.165) is 42.2 Å². The maximum atomic E-state index is 6.48. The number of hydrogen-bond acceptors (Lipinski definition) is 3. The summed E-state index contributed by atoms with van der Waals surface area (Å²) in [4.78, 5) is 4.23. The molecule has 0 fully saturated rings. The van der Waals surface area contributed by atoms with Crippen molar-refractivity contribution in [2.24, 2.45) is 14.1 Å². The van der Waals surface area contributed by atoms with Crippen LogP contribution in [0.3, 0.4) is 0 Å². The molecule has 5 nitrogen and oxygen atoms in total. The van der Waals surface area contributed by atoms with Crippen LogP contribution in [0.5, 0.6) is 0 Å². The topological polar surface area (TPSA) is 47.7 Å². The Kier molecular flexibility index (Phi) is 5.42. The fraction of sp³-hybridized carbons (Fsp3) is 0.600. The van der Waals surface area contributed by atoms with Crippen LogP contribution >= 0.6 is 11.6 Å². The standard InChI is InChI=1S/C15H24ClN5/c1-5-7-18-12(14-9-17-10-20(14)3)8-13-15(16)11(6-2)19-21(13)4/h9-10,12,18H,5-8H2,1-4H3. The molecule has 6 heteroatoms. The number of nitrogens with one attached hydrogen (secondary N) is 1. The zero-order valence-electron chi connectivity index (χ0n) is 13.2. The average molecular weight is 310 g/mol. The highest BCUT2D eigenvalue weighted by Gasteiger charge is 2.20. The van der Waals surface area contributed by atoms with Gasteiger partial charge in [0.2, 0.25) is 0 Å². The normalized spacial score (nSPS) is 12.8. The number of halogens is 1. The van der Waals surface area contributed by atoms with Gasteiger partial charge in [0.1, 0.15) is 0 Å². The van der Waals surface area contributed by atoms with Crippen LogP contribution in [0.1, 0.15) is 43.4 Å². The predicted octanol–water partition coefficient (Wildman–Crippen LogP) is 2.65. The molecule has 116 valence electrons. The molecule has 0 spiro atoms. The Hall–Kier alpha value is -1.33. The van der Waals surface area contributed by atoms with Crippen molar-refractivity contribution in [2.75, 3.05) is 6.54 Å². The van der Waals surface area contributed by atoms with E-state index in [1.165, 1.54) is 5.69 Å². The third kappa shape index (κ3) is 3.47. The van der Waals surface area contributed by atoms with Gasteiger partial charge in [-0.2, -0.15) is 5.10 Å². The van der Waals surface area contributed by atoms with Gasteiger partial charge in [0.05, 0.1) is 34.5 Å². The van der Waals surface area contributed by atoms with Gasteiger partial charge in [0.25, 0.3) is 0 Å². The second-order valence-corrected chi connectivity index (χ2v) is 5.70. The lowest BCUT2D eigenvalue weighted by Crippen LogP contribution is -2.26. The molecule has 0 aliphatic heterocycles. The van der Waals surface area contributed by atoms with E-state index in [4.69, 9.17) is 11.6 Å². The van der Waals surface area contributed by atoms with E-state index >= 15 is 0 Å². The first-order chi connectivity index (χ1) is 10.1. The molecule has 0 amide bonds. The minimum Gasteiger partial charge on any atom is -0.336 e. The van der Waals surface area contributed by atoms with Crippen LogP contribution in [0.2, 0.25) is 5.02 Å². The van der Waals surface area contributed by atoms with Gasteiger partial charge in [-0.15, -0.1) is 0 Å². The number of aromatic nitrogens is 4. The molecule has 1 N–H and O–H groups in total. The minimum absolute atomic E-state index is 0.190. The summed E-state index contributed by atoms with van der Waals surface area (Å²) in [6.45, 7) is 5.21. The summed E-state index contributed by atoms with van der Waals surface area (Å²) >= 11 is 6.48. The largest absolute Gasteiger partial charge is 0.336 e. The van der Waals surface area contributed by atoms with E-state index in [-0.39, 0.29) is 6.04 Å². The Balaban J connectivity index is 2.27. The average Bonchev–Trinajstić information content (AvgIpc) is 3.00. The Labute approximate surface area is 131 Å². The first-order valence-corrected chi connectivity index (χ1v) is 7.86. The fourth-order valence-corrected chi connectivity index (χ4v) is 2.91. The molecule has 0 saturated carbocycles. The predicted molar refractivity (Wildman–Crippen MR) is 85.5 cm³/mol. The lowest BCUT2D eigenvalue weighted by Gasteiger charge is -2.19. The second-order valence-electron chi connectivity index (χ2n) is 5.32. The Bertz CT molecular complexity index is 587. The molecule has 0 aromatic carbocycles. The minimum atomic E-state index is 0.190. The van der Waals surface area contributed by atoms with E-state index in [1.807, 2.05) is 31.3 Å². The van der Waals surface area contributed by atoms with Crippen LogP contribution in [0.25, 0.3) is 0 Å². The molecule has 21 heavy (non-hydrogen) atoms. The van der Waals surface area contributed by atoms with Gasteiger partial charge < -0.3 is 9.88 Å². The van der Waals surface area contributed by atoms with Crippen LogP contribution < -0.4 is 5.32 Å². The van der Waals surface area contributed by atoms with Crippen LogP contribution in [0.4, 0.5) is 0 Å². The van der Waals surface area contributed by atoms with Crippen LogP contribution in [-0.4, -0.2) is 25.9 Å². The van der Waals surface area contributed by atoms with Gasteiger partial charge in [-0.1, -0.05) is 25.4 Å². The fourth-order valence-electron chi connectivity index (χ4n) is 2.54. The molecule has 1 unspecified atom stereocenters. The first kappa shape index (κ1) is 16.0. The van der Waals surface area contributed by atoms with Crippen molar-refractivity contribution < 1.29 is 0 Å². The van der Waals surface area contributed by atoms with Crippen LogP contribution in [-0.2, 0) is 26.9 Å². The van der Waals surface area contributed by atoms with E-state index in [2.05, 4.69) is 33.8 Å². The van der Waals surface area contributed by atoms with Gasteiger partial charge in [-0.05, 0) is 19.4 Å². The maximum Gasteiger partial charge on any atom is 0.0946 e. The summed E-state index contributed by atoms with van der Waals surface area (Å²) in [5, 5.41) is 8.88. The second kappa shape index (κ2) is 7.09. The molecule has 0 saturated heterocycles. The van der Waals surface area contributed by atoms with Crippen molar-refractivity contribution in [1.29, 1.82) is 0 Å². The van der Waals surface area contributed by atoms with Crippen molar-refractivity contribution in [2.45, 2.75) is 39.2 Å². The molecule has 2 heterocycles. The molecule has 0 bridgehead atoms. The molecular formula is C15H24ClN5. The highest BCUT2D eigenvalue weighted by molar-refractivity contribution is 6.31. The van der Waals surface area contributed by atoms with Crippen molar-refractivity contribution in [3.8, 4) is 0 Å². The van der Waals surface area contributed by atoms with Crippen molar-refractivity contribution in [3.63, 3.8) is 0 Å². The Morgan fingerprint density at radius 1 is 1.33 bits per heavy atom. The Morgan fingerprint density at radius 2 is 2.10 bits per heavy atom. The molecule has 0 radical (unpaired) electrons. The number of aryl methyl sites for hydroxylation is 3. The molecular weight excluding hydrogens is 286 g/mol. The van der Waals surface area contributed by atoms with E-state index in [1.54, 1.807) is 0 Å². The van der Waals surface area contributed by atoms with Crippen LogP contribution in [0.15, 0.2) is 12.5 Å². The molecule has 2 rings (SSSR count). The molecule has 2 aromatic rings. The highest BCUT2D eigenvalue weighted by atomic mass is 35.5. The van der Waals surface area contributed by atoms with Gasteiger partial charge in [0, 0.05) is 26.7 Å². The summed E-state index contributed by atoms with van der Waals surface area (Å²) in [7, 11) is 3.98. The number of imidazole rings is 1. The van der Waals surface area contributed by atoms with Crippen LogP contribution in [0, 0.1) is 0 Å². The first-order valence-electron chi connectivity index (χ1n) is 7.48. The zero-order valence-corrected chi connectivity index (χ0v) is 14.0.